The molecule has 0 aliphatic heterocycles. The molecule has 0 bridgehead atoms. The van der Waals surface area contributed by atoms with Crippen LogP contribution >= 0.6 is 12.2 Å². The first kappa shape index (κ1) is 20.9. The molecule has 0 saturated heterocycles. The van der Waals surface area contributed by atoms with Crippen molar-refractivity contribution in [1.29, 1.82) is 0 Å². The van der Waals surface area contributed by atoms with Crippen molar-refractivity contribution < 1.29 is 4.92 Å². The van der Waals surface area contributed by atoms with E-state index in [-0.39, 0.29) is 5.69 Å². The minimum atomic E-state index is -0.405. The van der Waals surface area contributed by atoms with Crippen LogP contribution in [0.5, 0.6) is 0 Å². The maximum absolute atomic E-state index is 11.3. The predicted molar refractivity (Wildman–Crippen MR) is 126 cm³/mol. The van der Waals surface area contributed by atoms with E-state index in [0.717, 1.165) is 16.8 Å². The lowest BCUT2D eigenvalue weighted by atomic mass is 10.1. The van der Waals surface area contributed by atoms with E-state index in [4.69, 9.17) is 12.2 Å². The molecular formula is C23H20N4O2S. The van der Waals surface area contributed by atoms with E-state index in [0.29, 0.717) is 16.4 Å². The average Bonchev–Trinajstić information content (AvgIpc) is 2.74. The fourth-order valence-corrected chi connectivity index (χ4v) is 2.93. The summed E-state index contributed by atoms with van der Waals surface area (Å²) in [6.45, 7) is 2.00. The molecule has 0 unspecified atom stereocenters. The molecule has 0 aliphatic carbocycles. The van der Waals surface area contributed by atoms with Gasteiger partial charge >= 0.3 is 0 Å². The van der Waals surface area contributed by atoms with Gasteiger partial charge in [-0.25, -0.2) is 0 Å². The predicted octanol–water partition coefficient (Wildman–Crippen LogP) is 5.31. The Morgan fingerprint density at radius 3 is 2.50 bits per heavy atom. The number of hydrogen-bond donors (Lipinski definition) is 2. The highest BCUT2D eigenvalue weighted by Gasteiger charge is 2.10. The molecule has 0 spiro atoms. The minimum absolute atomic E-state index is 0.0331. The van der Waals surface area contributed by atoms with Gasteiger partial charge in [-0.15, -0.1) is 0 Å². The van der Waals surface area contributed by atoms with Crippen molar-refractivity contribution >= 4 is 40.5 Å². The summed E-state index contributed by atoms with van der Waals surface area (Å²) in [4.78, 5) is 10.8. The highest BCUT2D eigenvalue weighted by atomic mass is 32.1. The van der Waals surface area contributed by atoms with Gasteiger partial charge in [0.05, 0.1) is 16.2 Å². The monoisotopic (exact) mass is 416 g/mol. The summed E-state index contributed by atoms with van der Waals surface area (Å²) in [7, 11) is 0. The van der Waals surface area contributed by atoms with Gasteiger partial charge in [-0.3, -0.25) is 15.5 Å². The second-order valence-electron chi connectivity index (χ2n) is 6.45. The van der Waals surface area contributed by atoms with Gasteiger partial charge in [0, 0.05) is 17.3 Å². The SMILES string of the molecule is Cc1cccc(NC(=S)NN=C(/C=C/c2ccccc2[N+](=O)[O-])c2ccccc2)c1. The molecule has 3 aromatic rings. The Balaban J connectivity index is 1.83. The number of anilines is 1. The Bertz CT molecular complexity index is 1110. The Hall–Kier alpha value is -3.84. The molecular weight excluding hydrogens is 396 g/mol. The van der Waals surface area contributed by atoms with Crippen molar-refractivity contribution in [3.63, 3.8) is 0 Å². The quantitative estimate of drug-likeness (QED) is 0.246. The number of nitrogens with one attached hydrogen (secondary N) is 2. The summed E-state index contributed by atoms with van der Waals surface area (Å²) >= 11 is 5.34. The summed E-state index contributed by atoms with van der Waals surface area (Å²) in [6.07, 6.45) is 3.39. The van der Waals surface area contributed by atoms with Crippen LogP contribution in [-0.4, -0.2) is 15.7 Å². The number of thiocarbonyl (C=S) groups is 1. The summed E-state index contributed by atoms with van der Waals surface area (Å²) in [5.41, 5.74) is 6.78. The third kappa shape index (κ3) is 5.83. The number of allylic oxidation sites excluding steroid dienone is 1. The zero-order chi connectivity index (χ0) is 21.3. The van der Waals surface area contributed by atoms with Crippen molar-refractivity contribution in [3.05, 3.63) is 112 Å². The number of hydrogen-bond acceptors (Lipinski definition) is 4. The number of nitro benzene ring substituents is 1. The van der Waals surface area contributed by atoms with Crippen LogP contribution in [0.2, 0.25) is 0 Å². The zero-order valence-electron chi connectivity index (χ0n) is 16.3. The standard InChI is InChI=1S/C23H20N4O2S/c1-17-8-7-12-20(16-17)24-23(30)26-25-21(18-9-3-2-4-10-18)15-14-19-11-5-6-13-22(19)27(28)29/h2-16H,1H3,(H2,24,26,30)/b15-14+,25-21?. The topological polar surface area (TPSA) is 79.6 Å². The first-order valence-corrected chi connectivity index (χ1v) is 9.62. The van der Waals surface area contributed by atoms with Crippen molar-refractivity contribution in [2.24, 2.45) is 5.10 Å². The van der Waals surface area contributed by atoms with Gasteiger partial charge in [0.2, 0.25) is 0 Å². The minimum Gasteiger partial charge on any atom is -0.331 e. The molecule has 6 nitrogen and oxygen atoms in total. The number of para-hydroxylation sites is 1. The lowest BCUT2D eigenvalue weighted by Gasteiger charge is -2.09. The summed E-state index contributed by atoms with van der Waals surface area (Å²) in [5.74, 6) is 0. The molecule has 7 heteroatoms. The average molecular weight is 417 g/mol. The summed E-state index contributed by atoms with van der Waals surface area (Å²) in [6, 6.07) is 23.9. The second kappa shape index (κ2) is 10.1. The fraction of sp³-hybridized carbons (Fsp3) is 0.0435. The van der Waals surface area contributed by atoms with Crippen molar-refractivity contribution in [1.82, 2.24) is 5.43 Å². The molecule has 0 saturated carbocycles. The molecule has 0 radical (unpaired) electrons. The van der Waals surface area contributed by atoms with Crippen LogP contribution in [0.15, 0.2) is 90.0 Å². The van der Waals surface area contributed by atoms with Gasteiger partial charge in [-0.2, -0.15) is 5.10 Å². The van der Waals surface area contributed by atoms with E-state index in [1.54, 1.807) is 30.4 Å². The van der Waals surface area contributed by atoms with Gasteiger partial charge in [-0.05, 0) is 55.1 Å². The van der Waals surface area contributed by atoms with Crippen LogP contribution in [0, 0.1) is 17.0 Å². The Kier molecular flexibility index (Phi) is 7.02. The lowest BCUT2D eigenvalue weighted by Crippen LogP contribution is -2.25. The van der Waals surface area contributed by atoms with Crippen molar-refractivity contribution in [2.45, 2.75) is 6.92 Å². The van der Waals surface area contributed by atoms with E-state index in [9.17, 15) is 10.1 Å². The molecule has 30 heavy (non-hydrogen) atoms. The third-order valence-corrected chi connectivity index (χ3v) is 4.37. The smallest absolute Gasteiger partial charge is 0.276 e. The molecule has 0 aliphatic rings. The normalized spacial score (nSPS) is 11.3. The number of benzene rings is 3. The van der Waals surface area contributed by atoms with E-state index in [1.165, 1.54) is 6.07 Å². The van der Waals surface area contributed by atoms with Crippen molar-refractivity contribution in [2.75, 3.05) is 5.32 Å². The molecule has 150 valence electrons. The van der Waals surface area contributed by atoms with Gasteiger partial charge in [-0.1, -0.05) is 54.6 Å². The van der Waals surface area contributed by atoms with E-state index >= 15 is 0 Å². The lowest BCUT2D eigenvalue weighted by molar-refractivity contribution is -0.385. The molecule has 2 N–H and O–H groups in total. The highest BCUT2D eigenvalue weighted by molar-refractivity contribution is 7.80. The first-order valence-electron chi connectivity index (χ1n) is 9.21. The maximum atomic E-state index is 11.3. The van der Waals surface area contributed by atoms with Crippen LogP contribution in [0.1, 0.15) is 16.7 Å². The van der Waals surface area contributed by atoms with Gasteiger partial charge in [0.1, 0.15) is 0 Å². The number of hydrazone groups is 1. The van der Waals surface area contributed by atoms with Crippen LogP contribution in [0.3, 0.4) is 0 Å². The molecule has 3 rings (SSSR count). The first-order chi connectivity index (χ1) is 14.5. The molecule has 0 atom stereocenters. The Morgan fingerprint density at radius 1 is 1.03 bits per heavy atom. The van der Waals surface area contributed by atoms with E-state index in [2.05, 4.69) is 15.8 Å². The van der Waals surface area contributed by atoms with Gasteiger partial charge in [0.25, 0.3) is 5.69 Å². The van der Waals surface area contributed by atoms with Crippen LogP contribution in [-0.2, 0) is 0 Å². The zero-order valence-corrected chi connectivity index (χ0v) is 17.1. The van der Waals surface area contributed by atoms with Crippen LogP contribution in [0.25, 0.3) is 6.08 Å². The van der Waals surface area contributed by atoms with Gasteiger partial charge < -0.3 is 5.32 Å². The summed E-state index contributed by atoms with van der Waals surface area (Å²) < 4.78 is 0. The van der Waals surface area contributed by atoms with Crippen molar-refractivity contribution in [3.8, 4) is 0 Å². The highest BCUT2D eigenvalue weighted by Crippen LogP contribution is 2.19. The Labute approximate surface area is 180 Å². The number of nitrogens with zero attached hydrogens (tertiary/aromatic N) is 2. The summed E-state index contributed by atoms with van der Waals surface area (Å²) in [5, 5.41) is 19.1. The molecule has 0 heterocycles. The number of nitro groups is 1. The largest absolute Gasteiger partial charge is 0.331 e. The second-order valence-corrected chi connectivity index (χ2v) is 6.86. The third-order valence-electron chi connectivity index (χ3n) is 4.18. The number of aryl methyl sites for hydroxylation is 1. The maximum Gasteiger partial charge on any atom is 0.276 e. The molecule has 0 aromatic heterocycles. The van der Waals surface area contributed by atoms with Gasteiger partial charge in [0.15, 0.2) is 5.11 Å². The molecule has 0 fully saturated rings. The number of rotatable bonds is 6. The Morgan fingerprint density at radius 2 is 1.77 bits per heavy atom. The molecule has 3 aromatic carbocycles. The fourth-order valence-electron chi connectivity index (χ4n) is 2.76. The van der Waals surface area contributed by atoms with Crippen LogP contribution in [0.4, 0.5) is 11.4 Å². The van der Waals surface area contributed by atoms with Crippen LogP contribution < -0.4 is 10.7 Å². The molecule has 0 amide bonds. The van der Waals surface area contributed by atoms with E-state index in [1.807, 2.05) is 61.5 Å². The van der Waals surface area contributed by atoms with E-state index < -0.39 is 4.92 Å².